The maximum absolute atomic E-state index is 12.5. The van der Waals surface area contributed by atoms with Crippen molar-refractivity contribution in [2.75, 3.05) is 7.11 Å². The zero-order valence-corrected chi connectivity index (χ0v) is 11.4. The predicted octanol–water partition coefficient (Wildman–Crippen LogP) is 3.35. The summed E-state index contributed by atoms with van der Waals surface area (Å²) in [5, 5.41) is 3.41. The van der Waals surface area contributed by atoms with E-state index in [9.17, 15) is 18.0 Å². The molecule has 7 heteroatoms. The Labute approximate surface area is 119 Å². The van der Waals surface area contributed by atoms with E-state index in [0.717, 1.165) is 16.9 Å². The van der Waals surface area contributed by atoms with Crippen LogP contribution in [0, 0.1) is 0 Å². The molecule has 1 heterocycles. The second kappa shape index (κ2) is 5.59. The van der Waals surface area contributed by atoms with Gasteiger partial charge in [-0.3, -0.25) is 9.48 Å². The zero-order valence-electron chi connectivity index (χ0n) is 11.4. The quantitative estimate of drug-likeness (QED) is 0.813. The molecule has 1 unspecified atom stereocenters. The molecule has 0 saturated heterocycles. The summed E-state index contributed by atoms with van der Waals surface area (Å²) in [7, 11) is 1.50. The van der Waals surface area contributed by atoms with E-state index in [4.69, 9.17) is 4.74 Å². The first-order chi connectivity index (χ1) is 9.82. The monoisotopic (exact) mass is 298 g/mol. The maximum Gasteiger partial charge on any atom is 0.435 e. The molecule has 21 heavy (non-hydrogen) atoms. The number of alkyl halides is 3. The van der Waals surface area contributed by atoms with E-state index in [1.54, 1.807) is 24.3 Å². The second-order valence-corrected chi connectivity index (χ2v) is 4.45. The van der Waals surface area contributed by atoms with Crippen LogP contribution < -0.4 is 4.74 Å². The van der Waals surface area contributed by atoms with Gasteiger partial charge in [-0.25, -0.2) is 0 Å². The van der Waals surface area contributed by atoms with Gasteiger partial charge in [0.2, 0.25) is 0 Å². The standard InChI is InChI=1S/C14H13F3N2O2/c1-9(19-8-7-12(18-19)14(15,16)17)13(20)10-3-5-11(21-2)6-4-10/h3-9H,1-2H3. The molecule has 1 aromatic heterocycles. The van der Waals surface area contributed by atoms with Crippen molar-refractivity contribution in [1.82, 2.24) is 9.78 Å². The zero-order chi connectivity index (χ0) is 15.6. The summed E-state index contributed by atoms with van der Waals surface area (Å²) < 4.78 is 43.5. The fourth-order valence-corrected chi connectivity index (χ4v) is 1.82. The number of rotatable bonds is 4. The van der Waals surface area contributed by atoms with E-state index in [1.807, 2.05) is 0 Å². The molecule has 1 aromatic carbocycles. The number of Topliss-reactive ketones (excluding diaryl/α,β-unsaturated/α-hetero) is 1. The number of carbonyl (C=O) groups is 1. The number of halogens is 3. The number of hydrogen-bond donors (Lipinski definition) is 0. The van der Waals surface area contributed by atoms with Crippen LogP contribution in [-0.4, -0.2) is 22.7 Å². The van der Waals surface area contributed by atoms with E-state index >= 15 is 0 Å². The molecule has 0 N–H and O–H groups in total. The van der Waals surface area contributed by atoms with Gasteiger partial charge in [-0.2, -0.15) is 18.3 Å². The molecule has 2 aromatic rings. The van der Waals surface area contributed by atoms with Crippen molar-refractivity contribution in [1.29, 1.82) is 0 Å². The molecule has 112 valence electrons. The number of aromatic nitrogens is 2. The molecule has 4 nitrogen and oxygen atoms in total. The van der Waals surface area contributed by atoms with E-state index in [2.05, 4.69) is 5.10 Å². The lowest BCUT2D eigenvalue weighted by molar-refractivity contribution is -0.141. The number of benzene rings is 1. The highest BCUT2D eigenvalue weighted by molar-refractivity contribution is 5.98. The molecule has 2 rings (SSSR count). The number of ketones is 1. The van der Waals surface area contributed by atoms with Crippen molar-refractivity contribution in [2.24, 2.45) is 0 Å². The summed E-state index contributed by atoms with van der Waals surface area (Å²) in [5.41, 5.74) is -0.635. The molecule has 0 fully saturated rings. The third-order valence-electron chi connectivity index (χ3n) is 3.05. The summed E-state index contributed by atoms with van der Waals surface area (Å²) in [6.45, 7) is 1.50. The van der Waals surface area contributed by atoms with E-state index in [1.165, 1.54) is 14.0 Å². The molecule has 0 radical (unpaired) electrons. The van der Waals surface area contributed by atoms with Crippen molar-refractivity contribution < 1.29 is 22.7 Å². The van der Waals surface area contributed by atoms with Crippen molar-refractivity contribution in [3.63, 3.8) is 0 Å². The van der Waals surface area contributed by atoms with Crippen LogP contribution in [0.4, 0.5) is 13.2 Å². The fraction of sp³-hybridized carbons (Fsp3) is 0.286. The normalized spacial score (nSPS) is 13.0. The lowest BCUT2D eigenvalue weighted by Gasteiger charge is -2.12. The summed E-state index contributed by atoms with van der Waals surface area (Å²) in [5.74, 6) is 0.270. The minimum atomic E-state index is -4.52. The van der Waals surface area contributed by atoms with Crippen molar-refractivity contribution in [2.45, 2.75) is 19.1 Å². The van der Waals surface area contributed by atoms with E-state index in [-0.39, 0.29) is 5.78 Å². The van der Waals surface area contributed by atoms with Crippen LogP contribution in [0.25, 0.3) is 0 Å². The highest BCUT2D eigenvalue weighted by atomic mass is 19.4. The largest absolute Gasteiger partial charge is 0.497 e. The summed E-state index contributed by atoms with van der Waals surface area (Å²) in [4.78, 5) is 12.2. The van der Waals surface area contributed by atoms with Gasteiger partial charge < -0.3 is 4.74 Å². The topological polar surface area (TPSA) is 44.1 Å². The Morgan fingerprint density at radius 2 is 1.86 bits per heavy atom. The Bertz CT molecular complexity index is 632. The average Bonchev–Trinajstić information content (AvgIpc) is 2.95. The summed E-state index contributed by atoms with van der Waals surface area (Å²) >= 11 is 0. The third kappa shape index (κ3) is 3.24. The van der Waals surface area contributed by atoms with Crippen LogP contribution in [-0.2, 0) is 6.18 Å². The molecule has 0 aliphatic carbocycles. The Balaban J connectivity index is 2.20. The maximum atomic E-state index is 12.5. The molecular formula is C14H13F3N2O2. The number of nitrogens with zero attached hydrogens (tertiary/aromatic N) is 2. The van der Waals surface area contributed by atoms with Crippen LogP contribution >= 0.6 is 0 Å². The second-order valence-electron chi connectivity index (χ2n) is 4.45. The number of hydrogen-bond acceptors (Lipinski definition) is 3. The lowest BCUT2D eigenvalue weighted by atomic mass is 10.1. The molecule has 0 spiro atoms. The highest BCUT2D eigenvalue weighted by Crippen LogP contribution is 2.28. The first-order valence-corrected chi connectivity index (χ1v) is 6.13. The summed E-state index contributed by atoms with van der Waals surface area (Å²) in [6, 6.07) is 6.37. The number of ether oxygens (including phenoxy) is 1. The van der Waals surface area contributed by atoms with Gasteiger partial charge in [0, 0.05) is 11.8 Å². The smallest absolute Gasteiger partial charge is 0.435 e. The first-order valence-electron chi connectivity index (χ1n) is 6.13. The Morgan fingerprint density at radius 1 is 1.24 bits per heavy atom. The SMILES string of the molecule is COc1ccc(C(=O)C(C)n2ccc(C(F)(F)F)n2)cc1. The van der Waals surface area contributed by atoms with Gasteiger partial charge >= 0.3 is 6.18 Å². The Morgan fingerprint density at radius 3 is 2.33 bits per heavy atom. The van der Waals surface area contributed by atoms with Gasteiger partial charge in [-0.15, -0.1) is 0 Å². The molecule has 0 bridgehead atoms. The van der Waals surface area contributed by atoms with Crippen molar-refractivity contribution in [3.8, 4) is 5.75 Å². The first kappa shape index (κ1) is 15.1. The predicted molar refractivity (Wildman–Crippen MR) is 69.3 cm³/mol. The van der Waals surface area contributed by atoms with Crippen LogP contribution in [0.1, 0.15) is 29.0 Å². The van der Waals surface area contributed by atoms with E-state index < -0.39 is 17.9 Å². The molecule has 0 aliphatic heterocycles. The Kier molecular flexibility index (Phi) is 4.02. The minimum Gasteiger partial charge on any atom is -0.497 e. The molecule has 0 aliphatic rings. The minimum absolute atomic E-state index is 0.325. The highest BCUT2D eigenvalue weighted by Gasteiger charge is 2.34. The summed E-state index contributed by atoms with van der Waals surface area (Å²) in [6.07, 6.45) is -3.37. The average molecular weight is 298 g/mol. The fourth-order valence-electron chi connectivity index (χ4n) is 1.82. The van der Waals surface area contributed by atoms with E-state index in [0.29, 0.717) is 11.3 Å². The molecular weight excluding hydrogens is 285 g/mol. The van der Waals surface area contributed by atoms with Gasteiger partial charge in [0.05, 0.1) is 7.11 Å². The number of methoxy groups -OCH3 is 1. The van der Waals surface area contributed by atoms with Crippen LogP contribution in [0.5, 0.6) is 5.75 Å². The van der Waals surface area contributed by atoms with Crippen LogP contribution in [0.2, 0.25) is 0 Å². The van der Waals surface area contributed by atoms with Crippen molar-refractivity contribution in [3.05, 3.63) is 47.8 Å². The number of carbonyl (C=O) groups excluding carboxylic acids is 1. The molecule has 0 saturated carbocycles. The van der Waals surface area contributed by atoms with Gasteiger partial charge in [-0.1, -0.05) is 0 Å². The Hall–Kier alpha value is -2.31. The van der Waals surface area contributed by atoms with Gasteiger partial charge in [-0.05, 0) is 37.3 Å². The van der Waals surface area contributed by atoms with Crippen LogP contribution in [0.3, 0.4) is 0 Å². The van der Waals surface area contributed by atoms with Gasteiger partial charge in [0.25, 0.3) is 0 Å². The lowest BCUT2D eigenvalue weighted by Crippen LogP contribution is -2.18. The van der Waals surface area contributed by atoms with Gasteiger partial charge in [0.15, 0.2) is 11.5 Å². The van der Waals surface area contributed by atoms with Crippen molar-refractivity contribution >= 4 is 5.78 Å². The molecule has 1 atom stereocenters. The molecule has 0 amide bonds. The van der Waals surface area contributed by atoms with Gasteiger partial charge in [0.1, 0.15) is 11.8 Å². The third-order valence-corrected chi connectivity index (χ3v) is 3.05. The van der Waals surface area contributed by atoms with Crippen LogP contribution in [0.15, 0.2) is 36.5 Å².